The zero-order valence-corrected chi connectivity index (χ0v) is 7.58. The molecule has 0 fully saturated rings. The molecular formula is C7H8ClNOS. The number of rotatable bonds is 1. The van der Waals surface area contributed by atoms with Crippen molar-refractivity contribution in [3.05, 3.63) is 29.6 Å². The second-order valence-electron chi connectivity index (χ2n) is 1.94. The summed E-state index contributed by atoms with van der Waals surface area (Å²) >= 11 is 4.57. The molecule has 1 heterocycles. The number of hydrogen-bond acceptors (Lipinski definition) is 2. The summed E-state index contributed by atoms with van der Waals surface area (Å²) in [5.74, 6) is 0. The van der Waals surface area contributed by atoms with Gasteiger partial charge in [-0.15, -0.1) is 12.4 Å². The van der Waals surface area contributed by atoms with E-state index in [1.807, 2.05) is 0 Å². The molecule has 0 aliphatic heterocycles. The highest BCUT2D eigenvalue weighted by Gasteiger charge is 2.00. The summed E-state index contributed by atoms with van der Waals surface area (Å²) in [6.07, 6.45) is 1.66. The number of thiocarbonyl (C=S) groups is 1. The number of aryl methyl sites for hydroxylation is 1. The second kappa shape index (κ2) is 4.26. The van der Waals surface area contributed by atoms with Crippen LogP contribution >= 0.6 is 24.6 Å². The van der Waals surface area contributed by atoms with Crippen LogP contribution in [0.25, 0.3) is 0 Å². The predicted molar refractivity (Wildman–Crippen MR) is 50.6 cm³/mol. The van der Waals surface area contributed by atoms with Gasteiger partial charge in [-0.2, -0.15) is 0 Å². The summed E-state index contributed by atoms with van der Waals surface area (Å²) in [5.41, 5.74) is 1.40. The first kappa shape index (κ1) is 10.3. The van der Waals surface area contributed by atoms with E-state index in [1.165, 1.54) is 0 Å². The maximum absolute atomic E-state index is 8.90. The molecule has 0 aromatic carbocycles. The van der Waals surface area contributed by atoms with Crippen LogP contribution in [-0.2, 0) is 0 Å². The Morgan fingerprint density at radius 2 is 2.27 bits per heavy atom. The first-order valence-electron chi connectivity index (χ1n) is 2.86. The third-order valence-corrected chi connectivity index (χ3v) is 1.46. The van der Waals surface area contributed by atoms with Crippen molar-refractivity contribution in [1.82, 2.24) is 4.98 Å². The first-order chi connectivity index (χ1) is 4.72. The number of hydrogen-bond donors (Lipinski definition) is 1. The fourth-order valence-corrected chi connectivity index (χ4v) is 0.926. The third kappa shape index (κ3) is 2.44. The van der Waals surface area contributed by atoms with Crippen molar-refractivity contribution in [1.29, 1.82) is 0 Å². The van der Waals surface area contributed by atoms with Gasteiger partial charge < -0.3 is 5.11 Å². The highest BCUT2D eigenvalue weighted by molar-refractivity contribution is 7.80. The summed E-state index contributed by atoms with van der Waals surface area (Å²) < 4.78 is 0. The van der Waals surface area contributed by atoms with E-state index in [4.69, 9.17) is 5.11 Å². The van der Waals surface area contributed by atoms with Crippen LogP contribution in [0.5, 0.6) is 0 Å². The molecular weight excluding hydrogens is 182 g/mol. The Labute approximate surface area is 76.7 Å². The Balaban J connectivity index is 0.000001000. The van der Waals surface area contributed by atoms with Gasteiger partial charge in [-0.05, 0) is 31.3 Å². The Kier molecular flexibility index (Phi) is 4.00. The van der Waals surface area contributed by atoms with Crippen molar-refractivity contribution in [3.63, 3.8) is 0 Å². The van der Waals surface area contributed by atoms with E-state index in [9.17, 15) is 0 Å². The smallest absolute Gasteiger partial charge is 0.190 e. The predicted octanol–water partition coefficient (Wildman–Crippen LogP) is 2.05. The van der Waals surface area contributed by atoms with Gasteiger partial charge in [0.2, 0.25) is 0 Å². The average Bonchev–Trinajstić information content (AvgIpc) is 1.88. The second-order valence-corrected chi connectivity index (χ2v) is 2.33. The van der Waals surface area contributed by atoms with E-state index in [-0.39, 0.29) is 17.5 Å². The molecule has 1 N–H and O–H groups in total. The molecule has 0 aliphatic carbocycles. The van der Waals surface area contributed by atoms with Crippen molar-refractivity contribution in [2.24, 2.45) is 0 Å². The molecule has 11 heavy (non-hydrogen) atoms. The van der Waals surface area contributed by atoms with Crippen LogP contribution in [0.2, 0.25) is 0 Å². The number of aromatic nitrogens is 1. The van der Waals surface area contributed by atoms with Crippen LogP contribution in [-0.4, -0.2) is 15.1 Å². The standard InChI is InChI=1S/C7H7NOS.ClH/c1-5-6(7(9)10)3-2-4-8-5;/h2-4H,1H3,(H,9,10);1H. The number of halogens is 1. The molecule has 0 saturated carbocycles. The number of pyridine rings is 1. The van der Waals surface area contributed by atoms with E-state index in [1.54, 1.807) is 25.3 Å². The molecule has 0 radical (unpaired) electrons. The first-order valence-corrected chi connectivity index (χ1v) is 3.27. The van der Waals surface area contributed by atoms with Gasteiger partial charge in [-0.1, -0.05) is 0 Å². The van der Waals surface area contributed by atoms with Crippen LogP contribution in [0, 0.1) is 6.92 Å². The SMILES string of the molecule is Cc1ncccc1C(O)=S.Cl. The lowest BCUT2D eigenvalue weighted by Crippen LogP contribution is -1.98. The van der Waals surface area contributed by atoms with Crippen molar-refractivity contribution < 1.29 is 5.11 Å². The largest absolute Gasteiger partial charge is 0.498 e. The minimum absolute atomic E-state index is 0. The monoisotopic (exact) mass is 189 g/mol. The Bertz CT molecular complexity index is 264. The van der Waals surface area contributed by atoms with Gasteiger partial charge in [0.15, 0.2) is 5.05 Å². The highest BCUT2D eigenvalue weighted by Crippen LogP contribution is 2.03. The van der Waals surface area contributed by atoms with Crippen LogP contribution in [0.1, 0.15) is 11.3 Å². The molecule has 0 aliphatic rings. The molecule has 2 nitrogen and oxygen atoms in total. The van der Waals surface area contributed by atoms with E-state index in [0.717, 1.165) is 5.69 Å². The topological polar surface area (TPSA) is 33.1 Å². The minimum atomic E-state index is -0.0920. The summed E-state index contributed by atoms with van der Waals surface area (Å²) in [7, 11) is 0. The fourth-order valence-electron chi connectivity index (χ4n) is 0.710. The summed E-state index contributed by atoms with van der Waals surface area (Å²) in [4.78, 5) is 3.95. The normalized spacial score (nSPS) is 8.45. The third-order valence-electron chi connectivity index (χ3n) is 1.24. The molecule has 60 valence electrons. The zero-order valence-electron chi connectivity index (χ0n) is 5.94. The minimum Gasteiger partial charge on any atom is -0.498 e. The molecule has 0 unspecified atom stereocenters. The van der Waals surface area contributed by atoms with Gasteiger partial charge in [0.05, 0.1) is 0 Å². The average molecular weight is 190 g/mol. The molecule has 0 bridgehead atoms. The fraction of sp³-hybridized carbons (Fsp3) is 0.143. The van der Waals surface area contributed by atoms with E-state index >= 15 is 0 Å². The molecule has 1 aromatic rings. The Morgan fingerprint density at radius 3 is 2.64 bits per heavy atom. The number of aliphatic hydroxyl groups excluding tert-OH is 1. The lowest BCUT2D eigenvalue weighted by atomic mass is 10.2. The van der Waals surface area contributed by atoms with Gasteiger partial charge in [0.1, 0.15) is 0 Å². The maximum Gasteiger partial charge on any atom is 0.190 e. The van der Waals surface area contributed by atoms with E-state index in [0.29, 0.717) is 5.56 Å². The summed E-state index contributed by atoms with van der Waals surface area (Å²) in [6.45, 7) is 1.80. The van der Waals surface area contributed by atoms with Crippen LogP contribution in [0.15, 0.2) is 18.3 Å². The molecule has 0 saturated heterocycles. The maximum atomic E-state index is 8.90. The molecule has 0 atom stereocenters. The highest BCUT2D eigenvalue weighted by atomic mass is 35.5. The molecule has 4 heteroatoms. The van der Waals surface area contributed by atoms with Gasteiger partial charge in [0, 0.05) is 17.5 Å². The lowest BCUT2D eigenvalue weighted by Gasteiger charge is -1.97. The molecule has 0 amide bonds. The molecule has 1 aromatic heterocycles. The summed E-state index contributed by atoms with van der Waals surface area (Å²) in [6, 6.07) is 3.48. The van der Waals surface area contributed by atoms with Crippen LogP contribution in [0.3, 0.4) is 0 Å². The van der Waals surface area contributed by atoms with Crippen molar-refractivity contribution in [2.75, 3.05) is 0 Å². The van der Waals surface area contributed by atoms with Gasteiger partial charge in [0.25, 0.3) is 0 Å². The van der Waals surface area contributed by atoms with Gasteiger partial charge in [-0.25, -0.2) is 0 Å². The van der Waals surface area contributed by atoms with Gasteiger partial charge in [-0.3, -0.25) is 4.98 Å². The Morgan fingerprint density at radius 1 is 1.64 bits per heavy atom. The van der Waals surface area contributed by atoms with Gasteiger partial charge >= 0.3 is 0 Å². The van der Waals surface area contributed by atoms with Crippen molar-refractivity contribution in [2.45, 2.75) is 6.92 Å². The van der Waals surface area contributed by atoms with E-state index in [2.05, 4.69) is 17.2 Å². The lowest BCUT2D eigenvalue weighted by molar-refractivity contribution is 0.570. The summed E-state index contributed by atoms with van der Waals surface area (Å²) in [5, 5.41) is 8.80. The number of aliphatic hydroxyl groups is 1. The quantitative estimate of drug-likeness (QED) is 0.687. The number of nitrogens with zero attached hydrogens (tertiary/aromatic N) is 1. The van der Waals surface area contributed by atoms with Crippen molar-refractivity contribution in [3.8, 4) is 0 Å². The van der Waals surface area contributed by atoms with Crippen LogP contribution < -0.4 is 0 Å². The zero-order chi connectivity index (χ0) is 7.56. The van der Waals surface area contributed by atoms with Crippen LogP contribution in [0.4, 0.5) is 0 Å². The van der Waals surface area contributed by atoms with Crippen molar-refractivity contribution >= 4 is 29.7 Å². The molecule has 1 rings (SSSR count). The van der Waals surface area contributed by atoms with E-state index < -0.39 is 0 Å². The molecule has 0 spiro atoms. The Hall–Kier alpha value is -0.670.